The molecule has 8 heteroatoms. The Kier molecular flexibility index (Phi) is 9.66. The molecule has 35 heavy (non-hydrogen) atoms. The van der Waals surface area contributed by atoms with E-state index in [2.05, 4.69) is 25.2 Å². The summed E-state index contributed by atoms with van der Waals surface area (Å²) in [5.74, 6) is -3.07. The van der Waals surface area contributed by atoms with Gasteiger partial charge in [-0.1, -0.05) is 50.1 Å². The third-order valence-electron chi connectivity index (χ3n) is 4.81. The molecule has 7 nitrogen and oxygen atoms in total. The lowest BCUT2D eigenvalue weighted by Gasteiger charge is -2.18. The largest absolute Gasteiger partial charge is 0.462 e. The fourth-order valence-electron chi connectivity index (χ4n) is 2.77. The van der Waals surface area contributed by atoms with Gasteiger partial charge >= 0.3 is 17.9 Å². The third-order valence-corrected chi connectivity index (χ3v) is 4.81. The van der Waals surface area contributed by atoms with E-state index in [1.54, 1.807) is 37.3 Å². The number of esters is 2. The lowest BCUT2D eigenvalue weighted by Crippen LogP contribution is -2.28. The number of ether oxygens (including phenoxy) is 2. The summed E-state index contributed by atoms with van der Waals surface area (Å²) in [7, 11) is 0. The molecule has 1 atom stereocenters. The molecule has 184 valence electrons. The van der Waals surface area contributed by atoms with E-state index >= 15 is 0 Å². The van der Waals surface area contributed by atoms with E-state index in [9.17, 15) is 18.8 Å². The fourth-order valence-corrected chi connectivity index (χ4v) is 2.77. The van der Waals surface area contributed by atoms with Gasteiger partial charge in [-0.2, -0.15) is 5.48 Å². The first kappa shape index (κ1) is 27.2. The number of nitrogens with one attached hydrogen (secondary N) is 1. The molecule has 0 spiro atoms. The number of carbonyl (C=O) groups is 3. The van der Waals surface area contributed by atoms with Crippen LogP contribution in [-0.2, 0) is 24.0 Å². The zero-order valence-corrected chi connectivity index (χ0v) is 20.0. The van der Waals surface area contributed by atoms with Gasteiger partial charge in [-0.05, 0) is 49.6 Å². The number of benzene rings is 2. The second-order valence-corrected chi connectivity index (χ2v) is 8.03. The fraction of sp³-hybridized carbons (Fsp3) is 0.222. The van der Waals surface area contributed by atoms with Crippen LogP contribution < -0.4 is 10.2 Å². The third kappa shape index (κ3) is 8.04. The Morgan fingerprint density at radius 2 is 1.43 bits per heavy atom. The standard InChI is InChI=1S/C27H28FNO6/c1-16(2)25(30)33-15-22(14-29-35-27(32)18(5)6)20-9-7-19(8-10-20)21-11-12-24(23(28)13-21)34-26(31)17(3)4/h7-13,22,29H,1,3,5,14-15H2,2,4,6H3. The maximum absolute atomic E-state index is 14.5. The highest BCUT2D eigenvalue weighted by Crippen LogP contribution is 2.28. The molecule has 2 aromatic carbocycles. The van der Waals surface area contributed by atoms with E-state index in [0.29, 0.717) is 11.1 Å². The van der Waals surface area contributed by atoms with Crippen LogP contribution in [0, 0.1) is 5.82 Å². The molecule has 0 bridgehead atoms. The van der Waals surface area contributed by atoms with Crippen molar-refractivity contribution in [2.45, 2.75) is 26.7 Å². The van der Waals surface area contributed by atoms with Crippen LogP contribution in [0.5, 0.6) is 5.75 Å². The molecule has 0 heterocycles. The molecule has 0 aromatic heterocycles. The van der Waals surface area contributed by atoms with Crippen molar-refractivity contribution in [3.05, 3.63) is 90.3 Å². The van der Waals surface area contributed by atoms with E-state index in [1.165, 1.54) is 26.0 Å². The molecular weight excluding hydrogens is 453 g/mol. The van der Waals surface area contributed by atoms with Crippen molar-refractivity contribution in [1.82, 2.24) is 5.48 Å². The Morgan fingerprint density at radius 1 is 0.857 bits per heavy atom. The van der Waals surface area contributed by atoms with Gasteiger partial charge in [-0.3, -0.25) is 0 Å². The minimum absolute atomic E-state index is 0.0140. The topological polar surface area (TPSA) is 90.9 Å². The number of halogens is 1. The van der Waals surface area contributed by atoms with Crippen molar-refractivity contribution in [2.24, 2.45) is 0 Å². The van der Waals surface area contributed by atoms with Crippen molar-refractivity contribution in [2.75, 3.05) is 13.2 Å². The van der Waals surface area contributed by atoms with Gasteiger partial charge in [0.05, 0.1) is 6.61 Å². The Labute approximate surface area is 203 Å². The van der Waals surface area contributed by atoms with Gasteiger partial charge in [0, 0.05) is 29.2 Å². The quantitative estimate of drug-likeness (QED) is 0.213. The summed E-state index contributed by atoms with van der Waals surface area (Å²) < 4.78 is 24.7. The van der Waals surface area contributed by atoms with Gasteiger partial charge in [0.15, 0.2) is 11.6 Å². The summed E-state index contributed by atoms with van der Waals surface area (Å²) in [4.78, 5) is 40.0. The van der Waals surface area contributed by atoms with E-state index in [0.717, 1.165) is 5.56 Å². The van der Waals surface area contributed by atoms with Crippen molar-refractivity contribution in [3.63, 3.8) is 0 Å². The van der Waals surface area contributed by atoms with Gasteiger partial charge in [0.1, 0.15) is 0 Å². The van der Waals surface area contributed by atoms with Crippen LogP contribution in [-0.4, -0.2) is 31.1 Å². The first-order valence-corrected chi connectivity index (χ1v) is 10.7. The van der Waals surface area contributed by atoms with Crippen molar-refractivity contribution in [3.8, 4) is 16.9 Å². The molecule has 0 aliphatic carbocycles. The first-order chi connectivity index (χ1) is 16.5. The molecule has 0 saturated carbocycles. The second-order valence-electron chi connectivity index (χ2n) is 8.03. The monoisotopic (exact) mass is 481 g/mol. The van der Waals surface area contributed by atoms with Gasteiger partial charge in [0.2, 0.25) is 0 Å². The number of hydrogen-bond acceptors (Lipinski definition) is 7. The minimum atomic E-state index is -0.707. The van der Waals surface area contributed by atoms with Crippen molar-refractivity contribution < 1.29 is 33.1 Å². The molecule has 0 fully saturated rings. The lowest BCUT2D eigenvalue weighted by atomic mass is 9.96. The molecule has 0 radical (unpaired) electrons. The van der Waals surface area contributed by atoms with E-state index in [-0.39, 0.29) is 41.5 Å². The van der Waals surface area contributed by atoms with Crippen LogP contribution >= 0.6 is 0 Å². The molecule has 2 rings (SSSR count). The summed E-state index contributed by atoms with van der Waals surface area (Å²) in [6.07, 6.45) is 0. The molecule has 0 amide bonds. The Morgan fingerprint density at radius 3 is 1.97 bits per heavy atom. The zero-order valence-electron chi connectivity index (χ0n) is 20.0. The first-order valence-electron chi connectivity index (χ1n) is 10.7. The number of rotatable bonds is 11. The van der Waals surface area contributed by atoms with E-state index < -0.39 is 23.7 Å². The van der Waals surface area contributed by atoms with Crippen LogP contribution in [0.15, 0.2) is 78.9 Å². The Hall–Kier alpha value is -4.04. The number of carbonyl (C=O) groups excluding carboxylic acids is 3. The van der Waals surface area contributed by atoms with Crippen molar-refractivity contribution >= 4 is 17.9 Å². The highest BCUT2D eigenvalue weighted by atomic mass is 19.1. The van der Waals surface area contributed by atoms with Crippen LogP contribution in [0.1, 0.15) is 32.3 Å². The Balaban J connectivity index is 2.18. The Bertz CT molecular complexity index is 1150. The maximum atomic E-state index is 14.5. The molecule has 0 saturated heterocycles. The minimum Gasteiger partial charge on any atom is -0.462 e. The maximum Gasteiger partial charge on any atom is 0.351 e. The van der Waals surface area contributed by atoms with Crippen LogP contribution in [0.3, 0.4) is 0 Å². The molecule has 1 unspecified atom stereocenters. The van der Waals surface area contributed by atoms with Gasteiger partial charge < -0.3 is 14.3 Å². The van der Waals surface area contributed by atoms with Crippen LogP contribution in [0.25, 0.3) is 11.1 Å². The summed E-state index contributed by atoms with van der Waals surface area (Å²) in [6.45, 7) is 15.3. The van der Waals surface area contributed by atoms with Crippen LogP contribution in [0.4, 0.5) is 4.39 Å². The number of hydroxylamine groups is 1. The highest BCUT2D eigenvalue weighted by Gasteiger charge is 2.17. The van der Waals surface area contributed by atoms with Crippen LogP contribution in [0.2, 0.25) is 0 Å². The summed E-state index contributed by atoms with van der Waals surface area (Å²) in [6, 6.07) is 11.4. The normalized spacial score (nSPS) is 11.2. The summed E-state index contributed by atoms with van der Waals surface area (Å²) in [5, 5.41) is 0. The lowest BCUT2D eigenvalue weighted by molar-refractivity contribution is -0.147. The van der Waals surface area contributed by atoms with Gasteiger partial charge in [-0.15, -0.1) is 0 Å². The zero-order chi connectivity index (χ0) is 26.1. The SMILES string of the molecule is C=C(C)C(=O)OCC(CNOC(=O)C(=C)C)c1ccc(-c2ccc(OC(=O)C(=C)C)c(F)c2)cc1. The molecule has 2 aromatic rings. The predicted octanol–water partition coefficient (Wildman–Crippen LogP) is 4.80. The van der Waals surface area contributed by atoms with Crippen molar-refractivity contribution in [1.29, 1.82) is 0 Å². The average Bonchev–Trinajstić information content (AvgIpc) is 2.81. The molecule has 1 N–H and O–H groups in total. The second kappa shape index (κ2) is 12.4. The molecule has 0 aliphatic rings. The van der Waals surface area contributed by atoms with E-state index in [1.807, 2.05) is 0 Å². The van der Waals surface area contributed by atoms with Gasteiger partial charge in [0.25, 0.3) is 0 Å². The predicted molar refractivity (Wildman–Crippen MR) is 130 cm³/mol. The molecular formula is C27H28FNO6. The summed E-state index contributed by atoms with van der Waals surface area (Å²) >= 11 is 0. The smallest absolute Gasteiger partial charge is 0.351 e. The highest BCUT2D eigenvalue weighted by molar-refractivity contribution is 5.89. The van der Waals surface area contributed by atoms with Gasteiger partial charge in [-0.25, -0.2) is 18.8 Å². The average molecular weight is 482 g/mol. The number of hydrogen-bond donors (Lipinski definition) is 1. The molecule has 0 aliphatic heterocycles. The van der Waals surface area contributed by atoms with E-state index in [4.69, 9.17) is 14.3 Å². The summed E-state index contributed by atoms with van der Waals surface area (Å²) in [5.41, 5.74) is 5.32.